The molecule has 31 heteroatoms. The second-order valence-electron chi connectivity index (χ2n) is 21.4. The van der Waals surface area contributed by atoms with Gasteiger partial charge in [-0.25, -0.2) is 0 Å². The van der Waals surface area contributed by atoms with Gasteiger partial charge in [-0.15, -0.1) is 0 Å². The molecule has 7 rings (SSSR count). The van der Waals surface area contributed by atoms with Gasteiger partial charge >= 0.3 is 0 Å². The Balaban J connectivity index is 1.18. The summed E-state index contributed by atoms with van der Waals surface area (Å²) in [5.41, 5.74) is 0. The molecule has 0 bridgehead atoms. The zero-order valence-electron chi connectivity index (χ0n) is 43.5. The molecular formula is C47H82O31. The van der Waals surface area contributed by atoms with Crippen LogP contribution in [0.5, 0.6) is 0 Å². The summed E-state index contributed by atoms with van der Waals surface area (Å²) < 4.78 is 77.7. The molecule has 0 radical (unpaired) electrons. The number of aliphatic hydroxyl groups excluding tert-OH is 18. The molecule has 0 aromatic rings. The molecule has 7 saturated heterocycles. The maximum atomic E-state index is 12.2. The largest absolute Gasteiger partial charge is 0.394 e. The van der Waals surface area contributed by atoms with E-state index in [2.05, 4.69) is 0 Å². The lowest BCUT2D eigenvalue weighted by Gasteiger charge is -2.50. The molecular weight excluding hydrogens is 1060 g/mol. The molecule has 14 unspecified atom stereocenters. The van der Waals surface area contributed by atoms with Crippen molar-refractivity contribution in [1.82, 2.24) is 0 Å². The smallest absolute Gasteiger partial charge is 0.187 e. The standard InChI is InChI=1S/C47H82O31/c1-13-17(5)67-22(10-52)37(27(13)56)74-44-16(4)28(57)38(23(11-53)72-44)75-45-36(65)39(76-47-41(35(64)32(61)21(9-51)71-47)78-43-15(3)26(55)30(59)19(7-49)69-43)33(62)24(73-45)12-66-46-40(34(63)31(60)20(8-50)70-46)77-42-14(2)25(54)29(58)18(6-48)68-42/h13-65H,6-12H2,1-5H3/t13?,14?,15-,16-,17-,18-,19?,20?,21+,22?,23?,24?,25?,26?,27+,28?,29+,30+,31+,32+,33+,34-,35?,36+,37+,38+,39?,40?,41?,42-,43-,44-,45-,46-,47+/m0/s1. The summed E-state index contributed by atoms with van der Waals surface area (Å²) in [6, 6.07) is 0. The molecule has 0 aromatic heterocycles. The Morgan fingerprint density at radius 3 is 1.04 bits per heavy atom. The molecule has 31 nitrogen and oxygen atoms in total. The van der Waals surface area contributed by atoms with Gasteiger partial charge in [-0.2, -0.15) is 0 Å². The van der Waals surface area contributed by atoms with Crippen molar-refractivity contribution in [3.8, 4) is 0 Å². The molecule has 7 fully saturated rings. The van der Waals surface area contributed by atoms with Crippen LogP contribution in [0.2, 0.25) is 0 Å². The average Bonchev–Trinajstić information content (AvgIpc) is 3.43. The SMILES string of the molecule is CC1C(O)[C@H](O)[C@H](CO)O[C@H]1OC1[C@@H](OCC2O[C@@H](O[C@@H]3C(CO)O[C@@H](O[C@@H]4C(CO)O[C@@H](C)C(C)[C@H]4O)[C@@H](C)C3O)[C@H](O)C(O[C@H]3O[C@H](CO)[C@@H](O)C(O)C3O[C@@H]3OC(CO)[C@@H](O)C(O)[C@@H]3C)[C@@H]2O)OC(CO)[C@@H](O)[C@@H]1O. The van der Waals surface area contributed by atoms with Crippen LogP contribution in [0.25, 0.3) is 0 Å². The first-order valence-corrected chi connectivity index (χ1v) is 26.3. The molecule has 0 saturated carbocycles. The van der Waals surface area contributed by atoms with Crippen molar-refractivity contribution in [2.45, 2.75) is 225 Å². The van der Waals surface area contributed by atoms with Crippen LogP contribution in [-0.2, 0) is 61.6 Å². The highest BCUT2D eigenvalue weighted by Crippen LogP contribution is 2.39. The summed E-state index contributed by atoms with van der Waals surface area (Å²) in [6.45, 7) is 1.95. The Morgan fingerprint density at radius 1 is 0.256 bits per heavy atom. The second-order valence-corrected chi connectivity index (χ2v) is 21.4. The van der Waals surface area contributed by atoms with Gasteiger partial charge in [-0.05, 0) is 6.92 Å². The highest BCUT2D eigenvalue weighted by molar-refractivity contribution is 5.00. The van der Waals surface area contributed by atoms with Gasteiger partial charge in [-0.1, -0.05) is 27.7 Å². The minimum Gasteiger partial charge on any atom is -0.394 e. The third-order valence-corrected chi connectivity index (χ3v) is 16.3. The van der Waals surface area contributed by atoms with Crippen molar-refractivity contribution in [1.29, 1.82) is 0 Å². The molecule has 0 amide bonds. The molecule has 7 heterocycles. The zero-order valence-corrected chi connectivity index (χ0v) is 43.5. The van der Waals surface area contributed by atoms with Gasteiger partial charge in [-0.3, -0.25) is 0 Å². The van der Waals surface area contributed by atoms with Gasteiger partial charge in [0, 0.05) is 23.7 Å². The Morgan fingerprint density at radius 2 is 0.577 bits per heavy atom. The normalized spacial score (nSPS) is 53.5. The van der Waals surface area contributed by atoms with Gasteiger partial charge < -0.3 is 153 Å². The van der Waals surface area contributed by atoms with Crippen LogP contribution >= 0.6 is 0 Å². The van der Waals surface area contributed by atoms with E-state index < -0.39 is 260 Å². The lowest BCUT2D eigenvalue weighted by Crippen LogP contribution is -2.67. The molecule has 0 aromatic carbocycles. The van der Waals surface area contributed by atoms with E-state index in [-0.39, 0.29) is 0 Å². The van der Waals surface area contributed by atoms with Gasteiger partial charge in [0.15, 0.2) is 37.7 Å². The third-order valence-electron chi connectivity index (χ3n) is 16.3. The number of ether oxygens (including phenoxy) is 13. The molecule has 0 aliphatic carbocycles. The fourth-order valence-electron chi connectivity index (χ4n) is 10.8. The summed E-state index contributed by atoms with van der Waals surface area (Å²) in [7, 11) is 0. The predicted molar refractivity (Wildman–Crippen MR) is 248 cm³/mol. The monoisotopic (exact) mass is 1140 g/mol. The fraction of sp³-hybridized carbons (Fsp3) is 1.00. The third kappa shape index (κ3) is 13.2. The first kappa shape index (κ1) is 64.3. The van der Waals surface area contributed by atoms with Crippen molar-refractivity contribution in [2.75, 3.05) is 46.2 Å². The van der Waals surface area contributed by atoms with E-state index in [4.69, 9.17) is 61.6 Å². The van der Waals surface area contributed by atoms with Gasteiger partial charge in [0.05, 0.1) is 76.8 Å². The highest BCUT2D eigenvalue weighted by atomic mass is 16.8. The van der Waals surface area contributed by atoms with Crippen molar-refractivity contribution in [3.05, 3.63) is 0 Å². The predicted octanol–water partition coefficient (Wildman–Crippen LogP) is -10.1. The number of rotatable bonds is 19. The van der Waals surface area contributed by atoms with Crippen LogP contribution in [0.1, 0.15) is 34.6 Å². The fourth-order valence-corrected chi connectivity index (χ4v) is 10.8. The van der Waals surface area contributed by atoms with Gasteiger partial charge in [0.1, 0.15) is 122 Å². The molecule has 0 spiro atoms. The zero-order chi connectivity index (χ0) is 57.3. The minimum absolute atomic E-state index is 0.471. The summed E-state index contributed by atoms with van der Waals surface area (Å²) in [5, 5.41) is 195. The van der Waals surface area contributed by atoms with Crippen LogP contribution in [0.4, 0.5) is 0 Å². The Hall–Kier alpha value is -1.24. The quantitative estimate of drug-likeness (QED) is 0.0571. The van der Waals surface area contributed by atoms with E-state index >= 15 is 0 Å². The first-order chi connectivity index (χ1) is 37.0. The van der Waals surface area contributed by atoms with E-state index in [1.807, 2.05) is 0 Å². The first-order valence-electron chi connectivity index (χ1n) is 26.3. The maximum absolute atomic E-state index is 12.2. The maximum Gasteiger partial charge on any atom is 0.187 e. The van der Waals surface area contributed by atoms with E-state index in [0.717, 1.165) is 0 Å². The van der Waals surface area contributed by atoms with Crippen molar-refractivity contribution in [3.63, 3.8) is 0 Å². The Bertz CT molecular complexity index is 1810. The van der Waals surface area contributed by atoms with E-state index in [1.54, 1.807) is 13.8 Å². The van der Waals surface area contributed by atoms with E-state index in [0.29, 0.717) is 0 Å². The topological polar surface area (TPSA) is 484 Å². The summed E-state index contributed by atoms with van der Waals surface area (Å²) in [4.78, 5) is 0. The van der Waals surface area contributed by atoms with E-state index in [9.17, 15) is 91.9 Å². The summed E-state index contributed by atoms with van der Waals surface area (Å²) >= 11 is 0. The van der Waals surface area contributed by atoms with Gasteiger partial charge in [0.25, 0.3) is 0 Å². The van der Waals surface area contributed by atoms with Crippen molar-refractivity contribution < 1.29 is 153 Å². The summed E-state index contributed by atoms with van der Waals surface area (Å²) in [5.74, 6) is -3.68. The second kappa shape index (κ2) is 27.6. The van der Waals surface area contributed by atoms with Crippen LogP contribution in [0.3, 0.4) is 0 Å². The highest BCUT2D eigenvalue weighted by Gasteiger charge is 2.58. The molecule has 78 heavy (non-hydrogen) atoms. The number of aliphatic hydroxyl groups is 18. The summed E-state index contributed by atoms with van der Waals surface area (Å²) in [6.07, 6.45) is -50.7. The van der Waals surface area contributed by atoms with Crippen LogP contribution in [-0.4, -0.2) is 329 Å². The van der Waals surface area contributed by atoms with Gasteiger partial charge in [0.2, 0.25) is 0 Å². The molecule has 35 atom stereocenters. The van der Waals surface area contributed by atoms with Crippen molar-refractivity contribution in [2.24, 2.45) is 23.7 Å². The Labute approximate surface area is 447 Å². The number of hydrogen-bond donors (Lipinski definition) is 18. The van der Waals surface area contributed by atoms with Crippen LogP contribution in [0, 0.1) is 23.7 Å². The molecule has 456 valence electrons. The lowest BCUT2D eigenvalue weighted by molar-refractivity contribution is -0.398. The Kier molecular flexibility index (Phi) is 22.8. The average molecular weight is 1140 g/mol. The molecule has 7 aliphatic rings. The minimum atomic E-state index is -2.19. The van der Waals surface area contributed by atoms with E-state index in [1.165, 1.54) is 20.8 Å². The lowest BCUT2D eigenvalue weighted by atomic mass is 9.88. The van der Waals surface area contributed by atoms with Crippen LogP contribution in [0.15, 0.2) is 0 Å². The molecule has 7 aliphatic heterocycles. The number of hydrogen-bond acceptors (Lipinski definition) is 31. The van der Waals surface area contributed by atoms with Crippen molar-refractivity contribution >= 4 is 0 Å². The van der Waals surface area contributed by atoms with Crippen LogP contribution < -0.4 is 0 Å². The molecule has 18 N–H and O–H groups in total.